The highest BCUT2D eigenvalue weighted by Crippen LogP contribution is 2.29. The van der Waals surface area contributed by atoms with Crippen LogP contribution >= 0.6 is 31.9 Å². The number of nitrogens with zero attached hydrogens (tertiary/aromatic N) is 1. The normalized spacial score (nSPS) is 14.3. The molecule has 1 aliphatic heterocycles. The molecule has 1 saturated heterocycles. The maximum absolute atomic E-state index is 13.3. The molecule has 1 aliphatic rings. The van der Waals surface area contributed by atoms with Crippen LogP contribution in [0.3, 0.4) is 0 Å². The molecule has 0 atom stereocenters. The van der Waals surface area contributed by atoms with Crippen LogP contribution in [0.15, 0.2) is 106 Å². The lowest BCUT2D eigenvalue weighted by Gasteiger charge is -2.26. The SMILES string of the molecule is O=C1NC(=O)N(c2ccc(OCc3ccc(Br)cc3)cc2)C(=O)/C1=C/c1ccc(OCc2ccc(F)cc2)c(Br)c1. The molecule has 4 aromatic rings. The molecule has 0 aliphatic carbocycles. The van der Waals surface area contributed by atoms with Crippen LogP contribution in [-0.4, -0.2) is 17.8 Å². The van der Waals surface area contributed by atoms with Gasteiger partial charge in [0.2, 0.25) is 0 Å². The van der Waals surface area contributed by atoms with Gasteiger partial charge in [0, 0.05) is 4.47 Å². The van der Waals surface area contributed by atoms with Gasteiger partial charge < -0.3 is 9.47 Å². The molecule has 0 unspecified atom stereocenters. The summed E-state index contributed by atoms with van der Waals surface area (Å²) in [6, 6.07) is 24.4. The third-order valence-corrected chi connectivity index (χ3v) is 7.24. The molecule has 41 heavy (non-hydrogen) atoms. The third-order valence-electron chi connectivity index (χ3n) is 6.09. The number of urea groups is 1. The first-order valence-corrected chi connectivity index (χ1v) is 13.9. The first-order chi connectivity index (χ1) is 19.8. The molecule has 7 nitrogen and oxygen atoms in total. The van der Waals surface area contributed by atoms with Crippen LogP contribution in [0.25, 0.3) is 6.08 Å². The van der Waals surface area contributed by atoms with Crippen LogP contribution in [0, 0.1) is 5.82 Å². The van der Waals surface area contributed by atoms with E-state index in [-0.39, 0.29) is 23.7 Å². The molecule has 1 fully saturated rings. The summed E-state index contributed by atoms with van der Waals surface area (Å²) in [4.78, 5) is 39.4. The van der Waals surface area contributed by atoms with E-state index in [0.717, 1.165) is 20.5 Å². The summed E-state index contributed by atoms with van der Waals surface area (Å²) >= 11 is 6.84. The molecule has 0 saturated carbocycles. The quantitative estimate of drug-likeness (QED) is 0.158. The van der Waals surface area contributed by atoms with Crippen molar-refractivity contribution in [2.75, 3.05) is 4.90 Å². The summed E-state index contributed by atoms with van der Waals surface area (Å²) in [5.41, 5.74) is 2.40. The van der Waals surface area contributed by atoms with E-state index in [1.807, 2.05) is 24.3 Å². The number of hydrogen-bond donors (Lipinski definition) is 1. The molecule has 4 aromatic carbocycles. The number of halogens is 3. The summed E-state index contributed by atoms with van der Waals surface area (Å²) in [6.07, 6.45) is 1.40. The molecule has 206 valence electrons. The number of anilines is 1. The smallest absolute Gasteiger partial charge is 0.335 e. The number of rotatable bonds is 8. The van der Waals surface area contributed by atoms with Gasteiger partial charge in [0.15, 0.2) is 0 Å². The Morgan fingerprint density at radius 2 is 1.41 bits per heavy atom. The number of hydrogen-bond acceptors (Lipinski definition) is 5. The van der Waals surface area contributed by atoms with Crippen molar-refractivity contribution in [1.82, 2.24) is 5.32 Å². The number of amides is 4. The van der Waals surface area contributed by atoms with Crippen LogP contribution < -0.4 is 19.7 Å². The Bertz CT molecular complexity index is 1640. The number of nitrogens with one attached hydrogen (secondary N) is 1. The Kier molecular flexibility index (Phi) is 8.61. The van der Waals surface area contributed by atoms with Crippen LogP contribution in [0.2, 0.25) is 0 Å². The Hall–Kier alpha value is -4.28. The van der Waals surface area contributed by atoms with Gasteiger partial charge in [-0.3, -0.25) is 14.9 Å². The van der Waals surface area contributed by atoms with Gasteiger partial charge in [-0.05, 0) is 99.4 Å². The molecule has 1 N–H and O–H groups in total. The average Bonchev–Trinajstić information content (AvgIpc) is 2.96. The monoisotopic (exact) mass is 678 g/mol. The molecule has 0 aromatic heterocycles. The molecular weight excluding hydrogens is 659 g/mol. The molecule has 4 amide bonds. The first kappa shape index (κ1) is 28.3. The Balaban J connectivity index is 1.28. The molecule has 0 spiro atoms. The van der Waals surface area contributed by atoms with Crippen molar-refractivity contribution in [3.8, 4) is 11.5 Å². The van der Waals surface area contributed by atoms with Crippen molar-refractivity contribution in [2.24, 2.45) is 0 Å². The number of benzene rings is 4. The summed E-state index contributed by atoms with van der Waals surface area (Å²) in [5.74, 6) is -0.795. The minimum absolute atomic E-state index is 0.202. The van der Waals surface area contributed by atoms with E-state index in [0.29, 0.717) is 28.1 Å². The number of barbiturate groups is 1. The van der Waals surface area contributed by atoms with Crippen LogP contribution in [0.1, 0.15) is 16.7 Å². The number of imide groups is 2. The summed E-state index contributed by atoms with van der Waals surface area (Å²) in [5, 5.41) is 2.22. The van der Waals surface area contributed by atoms with Gasteiger partial charge in [0.05, 0.1) is 10.2 Å². The van der Waals surface area contributed by atoms with E-state index in [9.17, 15) is 18.8 Å². The maximum atomic E-state index is 13.3. The zero-order valence-electron chi connectivity index (χ0n) is 21.3. The second-order valence-electron chi connectivity index (χ2n) is 8.97. The highest BCUT2D eigenvalue weighted by molar-refractivity contribution is 9.10. The first-order valence-electron chi connectivity index (χ1n) is 12.3. The van der Waals surface area contributed by atoms with E-state index in [4.69, 9.17) is 9.47 Å². The van der Waals surface area contributed by atoms with Gasteiger partial charge in [-0.2, -0.15) is 0 Å². The van der Waals surface area contributed by atoms with E-state index in [2.05, 4.69) is 37.2 Å². The lowest BCUT2D eigenvalue weighted by atomic mass is 10.1. The maximum Gasteiger partial charge on any atom is 0.335 e. The molecule has 10 heteroatoms. The Morgan fingerprint density at radius 3 is 2.07 bits per heavy atom. The fraction of sp³-hybridized carbons (Fsp3) is 0.0645. The predicted octanol–water partition coefficient (Wildman–Crippen LogP) is 7.18. The van der Waals surface area contributed by atoms with Crippen molar-refractivity contribution in [1.29, 1.82) is 0 Å². The van der Waals surface area contributed by atoms with Crippen molar-refractivity contribution in [2.45, 2.75) is 13.2 Å². The lowest BCUT2D eigenvalue weighted by molar-refractivity contribution is -0.122. The van der Waals surface area contributed by atoms with E-state index in [1.165, 1.54) is 18.2 Å². The largest absolute Gasteiger partial charge is 0.489 e. The second-order valence-corrected chi connectivity index (χ2v) is 10.7. The molecule has 0 bridgehead atoms. The van der Waals surface area contributed by atoms with Gasteiger partial charge >= 0.3 is 6.03 Å². The average molecular weight is 680 g/mol. The molecule has 1 heterocycles. The topological polar surface area (TPSA) is 84.9 Å². The third kappa shape index (κ3) is 6.90. The highest BCUT2D eigenvalue weighted by Gasteiger charge is 2.36. The van der Waals surface area contributed by atoms with E-state index < -0.39 is 17.8 Å². The molecule has 0 radical (unpaired) electrons. The van der Waals surface area contributed by atoms with Gasteiger partial charge in [-0.15, -0.1) is 0 Å². The van der Waals surface area contributed by atoms with Crippen molar-refractivity contribution in [3.63, 3.8) is 0 Å². The number of ether oxygens (including phenoxy) is 2. The summed E-state index contributed by atoms with van der Waals surface area (Å²) in [7, 11) is 0. The van der Waals surface area contributed by atoms with E-state index >= 15 is 0 Å². The van der Waals surface area contributed by atoms with Gasteiger partial charge in [-0.1, -0.05) is 46.3 Å². The summed E-state index contributed by atoms with van der Waals surface area (Å²) in [6.45, 7) is 0.578. The summed E-state index contributed by atoms with van der Waals surface area (Å²) < 4.78 is 26.3. The molecule has 5 rings (SSSR count). The number of carbonyl (C=O) groups is 3. The minimum atomic E-state index is -0.841. The van der Waals surface area contributed by atoms with Gasteiger partial charge in [0.25, 0.3) is 11.8 Å². The Labute approximate surface area is 251 Å². The van der Waals surface area contributed by atoms with Crippen molar-refractivity contribution in [3.05, 3.63) is 128 Å². The van der Waals surface area contributed by atoms with Crippen LogP contribution in [-0.2, 0) is 22.8 Å². The Morgan fingerprint density at radius 1 is 0.780 bits per heavy atom. The van der Waals surface area contributed by atoms with Crippen molar-refractivity contribution >= 4 is 61.5 Å². The van der Waals surface area contributed by atoms with Crippen LogP contribution in [0.5, 0.6) is 11.5 Å². The minimum Gasteiger partial charge on any atom is -0.489 e. The predicted molar refractivity (Wildman–Crippen MR) is 159 cm³/mol. The molecular formula is C31H21Br2FN2O5. The lowest BCUT2D eigenvalue weighted by Crippen LogP contribution is -2.54. The zero-order chi connectivity index (χ0) is 28.9. The van der Waals surface area contributed by atoms with Gasteiger partial charge in [-0.25, -0.2) is 14.1 Å². The zero-order valence-corrected chi connectivity index (χ0v) is 24.4. The van der Waals surface area contributed by atoms with Gasteiger partial charge in [0.1, 0.15) is 36.1 Å². The second kappa shape index (κ2) is 12.5. The fourth-order valence-corrected chi connectivity index (χ4v) is 4.74. The number of carbonyl (C=O) groups excluding carboxylic acids is 3. The van der Waals surface area contributed by atoms with E-state index in [1.54, 1.807) is 54.6 Å². The standard InChI is InChI=1S/C31H21Br2FN2O5/c32-22-6-1-19(2-7-22)17-40-25-12-10-24(11-13-25)36-30(38)26(29(37)35-31(36)39)15-21-5-14-28(27(33)16-21)41-18-20-3-8-23(34)9-4-20/h1-16H,17-18H2,(H,35,37,39)/b26-15+. The fourth-order valence-electron chi connectivity index (χ4n) is 3.96. The highest BCUT2D eigenvalue weighted by atomic mass is 79.9. The van der Waals surface area contributed by atoms with Crippen LogP contribution in [0.4, 0.5) is 14.9 Å². The van der Waals surface area contributed by atoms with Crippen molar-refractivity contribution < 1.29 is 28.2 Å².